The van der Waals surface area contributed by atoms with Crippen LogP contribution in [0.2, 0.25) is 0 Å². The number of primary amides is 1. The number of aliphatic hydroxyl groups is 2. The van der Waals surface area contributed by atoms with Gasteiger partial charge >= 0.3 is 5.97 Å². The van der Waals surface area contributed by atoms with Gasteiger partial charge in [0.05, 0.1) is 0 Å². The lowest BCUT2D eigenvalue weighted by atomic mass is 10.1. The molecule has 9 nitrogen and oxygen atoms in total. The fourth-order valence-corrected chi connectivity index (χ4v) is 3.14. The number of amides is 1. The van der Waals surface area contributed by atoms with Crippen molar-refractivity contribution in [2.24, 2.45) is 11.5 Å². The van der Waals surface area contributed by atoms with Crippen LogP contribution >= 0.6 is 11.8 Å². The van der Waals surface area contributed by atoms with E-state index in [1.807, 2.05) is 6.26 Å². The minimum atomic E-state index is -1.25. The number of carbonyl (C=O) groups excluding carboxylic acids is 2. The van der Waals surface area contributed by atoms with Crippen LogP contribution in [-0.4, -0.2) is 76.2 Å². The Kier molecular flexibility index (Phi) is 7.47. The number of thioether (sulfide) groups is 1. The molecule has 0 spiro atoms. The molecule has 1 fully saturated rings. The monoisotopic (exact) mass is 387 g/mol. The first-order valence-electron chi connectivity index (χ1n) is 8.22. The van der Waals surface area contributed by atoms with Crippen LogP contribution in [-0.2, 0) is 19.1 Å². The molecule has 0 aromatic rings. The fourth-order valence-electron chi connectivity index (χ4n) is 2.65. The van der Waals surface area contributed by atoms with Gasteiger partial charge in [0.1, 0.15) is 31.0 Å². The van der Waals surface area contributed by atoms with Gasteiger partial charge in [0, 0.05) is 18.0 Å². The summed E-state index contributed by atoms with van der Waals surface area (Å²) in [6.07, 6.45) is 3.22. The number of rotatable bonds is 8. The molecular weight excluding hydrogens is 362 g/mol. The van der Waals surface area contributed by atoms with E-state index < -0.39 is 42.5 Å². The van der Waals surface area contributed by atoms with Crippen LogP contribution in [0, 0.1) is 0 Å². The zero-order valence-electron chi connectivity index (χ0n) is 14.5. The van der Waals surface area contributed by atoms with Gasteiger partial charge in [-0.2, -0.15) is 11.8 Å². The highest BCUT2D eigenvalue weighted by Crippen LogP contribution is 2.27. The summed E-state index contributed by atoms with van der Waals surface area (Å²) in [6, 6.07) is -0.743. The van der Waals surface area contributed by atoms with E-state index >= 15 is 0 Å². The van der Waals surface area contributed by atoms with E-state index in [4.69, 9.17) is 20.9 Å². The molecule has 0 unspecified atom stereocenters. The number of hydrogen-bond donors (Lipinski definition) is 4. The SMILES string of the molecule is CSCC[C@H](N)C(=O)OC[C@H]1O[C@@H](N2C=CCC(C(N)=O)=C2)[C@H](O)[C@@H]1O. The van der Waals surface area contributed by atoms with E-state index in [-0.39, 0.29) is 6.61 Å². The van der Waals surface area contributed by atoms with Crippen molar-refractivity contribution in [3.05, 3.63) is 24.0 Å². The second-order valence-electron chi connectivity index (χ2n) is 6.12. The molecule has 26 heavy (non-hydrogen) atoms. The third-order valence-corrected chi connectivity index (χ3v) is 4.84. The van der Waals surface area contributed by atoms with Crippen LogP contribution in [0.25, 0.3) is 0 Å². The molecule has 5 atom stereocenters. The quantitative estimate of drug-likeness (QED) is 0.371. The summed E-state index contributed by atoms with van der Waals surface area (Å²) in [4.78, 5) is 24.6. The first-order chi connectivity index (χ1) is 12.3. The van der Waals surface area contributed by atoms with E-state index in [0.29, 0.717) is 18.4 Å². The van der Waals surface area contributed by atoms with E-state index in [2.05, 4.69) is 0 Å². The number of aliphatic hydroxyl groups excluding tert-OH is 2. The van der Waals surface area contributed by atoms with Crippen molar-refractivity contribution >= 4 is 23.6 Å². The van der Waals surface area contributed by atoms with Crippen LogP contribution in [0.1, 0.15) is 12.8 Å². The minimum absolute atomic E-state index is 0.232. The summed E-state index contributed by atoms with van der Waals surface area (Å²) in [6.45, 7) is -0.232. The van der Waals surface area contributed by atoms with Gasteiger partial charge < -0.3 is 36.1 Å². The van der Waals surface area contributed by atoms with E-state index in [0.717, 1.165) is 5.75 Å². The Bertz CT molecular complexity index is 584. The summed E-state index contributed by atoms with van der Waals surface area (Å²) >= 11 is 1.57. The lowest BCUT2D eigenvalue weighted by Crippen LogP contribution is -2.40. The number of nitrogens with zero attached hydrogens (tertiary/aromatic N) is 1. The van der Waals surface area contributed by atoms with Gasteiger partial charge in [-0.1, -0.05) is 6.08 Å². The highest BCUT2D eigenvalue weighted by atomic mass is 32.2. The maximum absolute atomic E-state index is 11.9. The van der Waals surface area contributed by atoms with E-state index in [9.17, 15) is 19.8 Å². The van der Waals surface area contributed by atoms with E-state index in [1.54, 1.807) is 24.0 Å². The van der Waals surface area contributed by atoms with Crippen molar-refractivity contribution in [2.75, 3.05) is 18.6 Å². The number of esters is 1. The first-order valence-corrected chi connectivity index (χ1v) is 9.62. The van der Waals surface area contributed by atoms with Gasteiger partial charge in [0.2, 0.25) is 5.91 Å². The third kappa shape index (κ3) is 4.98. The highest BCUT2D eigenvalue weighted by molar-refractivity contribution is 7.98. The summed E-state index contributed by atoms with van der Waals surface area (Å²) < 4.78 is 10.7. The summed E-state index contributed by atoms with van der Waals surface area (Å²) in [5.74, 6) is -0.422. The Morgan fingerprint density at radius 2 is 2.19 bits per heavy atom. The number of allylic oxidation sites excluding steroid dienone is 1. The molecule has 0 aliphatic carbocycles. The van der Waals surface area contributed by atoms with E-state index in [1.165, 1.54) is 11.1 Å². The second kappa shape index (κ2) is 9.38. The average molecular weight is 387 g/mol. The second-order valence-corrected chi connectivity index (χ2v) is 7.10. The third-order valence-electron chi connectivity index (χ3n) is 4.19. The Hall–Kier alpha value is -1.59. The number of hydrogen-bond acceptors (Lipinski definition) is 9. The zero-order valence-corrected chi connectivity index (χ0v) is 15.3. The summed E-state index contributed by atoms with van der Waals surface area (Å²) in [5, 5.41) is 20.4. The molecule has 0 bridgehead atoms. The molecule has 0 saturated carbocycles. The Labute approximate surface area is 156 Å². The van der Waals surface area contributed by atoms with Crippen LogP contribution in [0.3, 0.4) is 0 Å². The molecule has 1 saturated heterocycles. The molecule has 0 aromatic carbocycles. The molecule has 146 valence electrons. The average Bonchev–Trinajstić information content (AvgIpc) is 2.92. The van der Waals surface area contributed by atoms with Crippen LogP contribution in [0.15, 0.2) is 24.0 Å². The fraction of sp³-hybridized carbons (Fsp3) is 0.625. The van der Waals surface area contributed by atoms with Gasteiger partial charge in [-0.25, -0.2) is 0 Å². The topological polar surface area (TPSA) is 148 Å². The molecule has 6 N–H and O–H groups in total. The molecule has 10 heteroatoms. The Balaban J connectivity index is 1.93. The number of nitrogens with two attached hydrogens (primary N) is 2. The first kappa shape index (κ1) is 20.7. The van der Waals surface area contributed by atoms with Gasteiger partial charge in [0.15, 0.2) is 6.23 Å². The molecule has 2 aliphatic rings. The van der Waals surface area contributed by atoms with Gasteiger partial charge in [-0.05, 0) is 24.9 Å². The molecule has 2 rings (SSSR count). The number of carbonyl (C=O) groups is 2. The van der Waals surface area contributed by atoms with Crippen molar-refractivity contribution in [1.82, 2.24) is 4.90 Å². The smallest absolute Gasteiger partial charge is 0.323 e. The normalized spacial score (nSPS) is 29.4. The predicted octanol–water partition coefficient (Wildman–Crippen LogP) is -1.35. The van der Waals surface area contributed by atoms with Crippen molar-refractivity contribution < 1.29 is 29.3 Å². The highest BCUT2D eigenvalue weighted by Gasteiger charge is 2.45. The van der Waals surface area contributed by atoms with Crippen molar-refractivity contribution in [3.8, 4) is 0 Å². The Morgan fingerprint density at radius 3 is 2.85 bits per heavy atom. The van der Waals surface area contributed by atoms with Crippen LogP contribution in [0.5, 0.6) is 0 Å². The lowest BCUT2D eigenvalue weighted by Gasteiger charge is -2.28. The number of ether oxygens (including phenoxy) is 2. The molecule has 2 heterocycles. The molecule has 0 radical (unpaired) electrons. The predicted molar refractivity (Wildman–Crippen MR) is 95.5 cm³/mol. The molecule has 2 aliphatic heterocycles. The van der Waals surface area contributed by atoms with Crippen LogP contribution < -0.4 is 11.5 Å². The lowest BCUT2D eigenvalue weighted by molar-refractivity contribution is -0.152. The van der Waals surface area contributed by atoms with Gasteiger partial charge in [-0.3, -0.25) is 9.59 Å². The molecule has 0 aromatic heterocycles. The zero-order chi connectivity index (χ0) is 19.3. The summed E-state index contributed by atoms with van der Waals surface area (Å²) in [7, 11) is 0. The Morgan fingerprint density at radius 1 is 1.46 bits per heavy atom. The van der Waals surface area contributed by atoms with Crippen molar-refractivity contribution in [1.29, 1.82) is 0 Å². The van der Waals surface area contributed by atoms with Crippen LogP contribution in [0.4, 0.5) is 0 Å². The minimum Gasteiger partial charge on any atom is -0.462 e. The van der Waals surface area contributed by atoms with Crippen molar-refractivity contribution in [3.63, 3.8) is 0 Å². The van der Waals surface area contributed by atoms with Gasteiger partial charge in [-0.15, -0.1) is 0 Å². The summed E-state index contributed by atoms with van der Waals surface area (Å²) in [5.41, 5.74) is 11.4. The molecular formula is C16H25N3O6S. The maximum Gasteiger partial charge on any atom is 0.323 e. The standard InChI is InChI=1S/C16H25N3O6S/c1-26-6-4-10(17)16(23)24-8-11-12(20)13(21)15(25-11)19-5-2-3-9(7-19)14(18)22/h2,5,7,10-13,15,20-21H,3-4,6,8,17H2,1H3,(H2,18,22)/t10-,11+,12+,13+,15+/m0/s1. The van der Waals surface area contributed by atoms with Crippen molar-refractivity contribution in [2.45, 2.75) is 43.4 Å². The maximum atomic E-state index is 11.9. The van der Waals surface area contributed by atoms with Gasteiger partial charge in [0.25, 0.3) is 0 Å². The largest absolute Gasteiger partial charge is 0.462 e. The molecule has 1 amide bonds.